The molecule has 2 N–H and O–H groups in total. The van der Waals surface area contributed by atoms with Crippen LogP contribution in [0.5, 0.6) is 0 Å². The predicted molar refractivity (Wildman–Crippen MR) is 62.3 cm³/mol. The molecule has 0 bridgehead atoms. The normalized spacial score (nSPS) is 21.2. The fourth-order valence-electron chi connectivity index (χ4n) is 2.08. The van der Waals surface area contributed by atoms with E-state index in [2.05, 4.69) is 25.7 Å². The molecule has 0 amide bonds. The van der Waals surface area contributed by atoms with Gasteiger partial charge in [0.2, 0.25) is 0 Å². The number of hydrogen-bond donors (Lipinski definition) is 1. The first kappa shape index (κ1) is 12.0. The third kappa shape index (κ3) is 3.58. The minimum atomic E-state index is 0.0593. The van der Waals surface area contributed by atoms with Crippen molar-refractivity contribution in [2.45, 2.75) is 52.0 Å². The minimum Gasteiger partial charge on any atom is -0.324 e. The van der Waals surface area contributed by atoms with E-state index in [4.69, 9.17) is 5.73 Å². The second-order valence-corrected chi connectivity index (χ2v) is 5.00. The fraction of sp³-hybridized carbons (Fsp3) is 1.00. The highest BCUT2D eigenvalue weighted by Gasteiger charge is 2.38. The van der Waals surface area contributed by atoms with Crippen molar-refractivity contribution in [3.63, 3.8) is 0 Å². The zero-order valence-corrected chi connectivity index (χ0v) is 10.1. The third-order valence-electron chi connectivity index (χ3n) is 3.35. The molecule has 1 unspecified atom stereocenters. The van der Waals surface area contributed by atoms with Crippen LogP contribution in [0.25, 0.3) is 0 Å². The van der Waals surface area contributed by atoms with Gasteiger partial charge in [0.25, 0.3) is 0 Å². The molecule has 1 rings (SSSR count). The summed E-state index contributed by atoms with van der Waals surface area (Å²) in [5, 5.41) is 0. The molecule has 0 radical (unpaired) electrons. The molecule has 0 aromatic rings. The zero-order valence-electron chi connectivity index (χ0n) is 10.1. The zero-order chi connectivity index (χ0) is 10.6. The average Bonchev–Trinajstić information content (AvgIpc) is 2.95. The van der Waals surface area contributed by atoms with E-state index >= 15 is 0 Å². The van der Waals surface area contributed by atoms with Gasteiger partial charge in [-0.15, -0.1) is 0 Å². The van der Waals surface area contributed by atoms with Gasteiger partial charge in [-0.1, -0.05) is 20.3 Å². The van der Waals surface area contributed by atoms with Crippen molar-refractivity contribution in [3.05, 3.63) is 0 Å². The summed E-state index contributed by atoms with van der Waals surface area (Å²) in [4.78, 5) is 2.50. The lowest BCUT2D eigenvalue weighted by molar-refractivity contribution is 0.208. The lowest BCUT2D eigenvalue weighted by Crippen LogP contribution is -2.49. The van der Waals surface area contributed by atoms with Crippen LogP contribution in [-0.4, -0.2) is 30.1 Å². The summed E-state index contributed by atoms with van der Waals surface area (Å²) < 4.78 is 0. The summed E-state index contributed by atoms with van der Waals surface area (Å²) in [6, 6.07) is 0. The number of nitrogens with zero attached hydrogens (tertiary/aromatic N) is 1. The monoisotopic (exact) mass is 198 g/mol. The first-order valence-corrected chi connectivity index (χ1v) is 6.11. The molecule has 0 aromatic heterocycles. The standard InChI is InChI=1S/C12H26N2/c1-4-6-9-14(5-2)10-12(3,13)11-7-8-11/h11H,4-10,13H2,1-3H3. The number of rotatable bonds is 7. The SMILES string of the molecule is CCCCN(CC)CC(C)(N)C1CC1. The Hall–Kier alpha value is -0.0800. The summed E-state index contributed by atoms with van der Waals surface area (Å²) in [6.45, 7) is 10.1. The lowest BCUT2D eigenvalue weighted by atomic mass is 9.96. The topological polar surface area (TPSA) is 29.3 Å². The Kier molecular flexibility index (Phi) is 4.39. The minimum absolute atomic E-state index is 0.0593. The Balaban J connectivity index is 2.30. The number of nitrogens with two attached hydrogens (primary N) is 1. The second-order valence-electron chi connectivity index (χ2n) is 5.00. The summed E-state index contributed by atoms with van der Waals surface area (Å²) in [6.07, 6.45) is 5.27. The van der Waals surface area contributed by atoms with E-state index in [1.807, 2.05) is 0 Å². The van der Waals surface area contributed by atoms with Crippen molar-refractivity contribution >= 4 is 0 Å². The molecule has 2 heteroatoms. The molecule has 0 aromatic carbocycles. The Morgan fingerprint density at radius 3 is 2.43 bits per heavy atom. The van der Waals surface area contributed by atoms with Crippen LogP contribution < -0.4 is 5.73 Å². The van der Waals surface area contributed by atoms with Crippen molar-refractivity contribution in [1.29, 1.82) is 0 Å². The van der Waals surface area contributed by atoms with Crippen LogP contribution in [0.3, 0.4) is 0 Å². The van der Waals surface area contributed by atoms with Crippen LogP contribution in [0.1, 0.15) is 46.5 Å². The Bertz CT molecular complexity index is 162. The van der Waals surface area contributed by atoms with Crippen LogP contribution in [0, 0.1) is 5.92 Å². The van der Waals surface area contributed by atoms with Crippen LogP contribution >= 0.6 is 0 Å². The van der Waals surface area contributed by atoms with E-state index in [1.54, 1.807) is 0 Å². The molecule has 1 atom stereocenters. The van der Waals surface area contributed by atoms with E-state index in [0.717, 1.165) is 19.0 Å². The molecule has 0 saturated heterocycles. The Labute approximate surface area is 88.8 Å². The van der Waals surface area contributed by atoms with Gasteiger partial charge in [-0.2, -0.15) is 0 Å². The van der Waals surface area contributed by atoms with Gasteiger partial charge in [0.15, 0.2) is 0 Å². The first-order valence-electron chi connectivity index (χ1n) is 6.11. The van der Waals surface area contributed by atoms with Crippen LogP contribution in [-0.2, 0) is 0 Å². The van der Waals surface area contributed by atoms with Gasteiger partial charge in [-0.3, -0.25) is 0 Å². The largest absolute Gasteiger partial charge is 0.324 e. The first-order chi connectivity index (χ1) is 6.60. The molecule has 1 fully saturated rings. The van der Waals surface area contributed by atoms with E-state index in [0.29, 0.717) is 0 Å². The second kappa shape index (κ2) is 5.13. The van der Waals surface area contributed by atoms with E-state index in [1.165, 1.54) is 32.2 Å². The summed E-state index contributed by atoms with van der Waals surface area (Å²) in [7, 11) is 0. The highest BCUT2D eigenvalue weighted by molar-refractivity contribution is 4.97. The quantitative estimate of drug-likeness (QED) is 0.680. The van der Waals surface area contributed by atoms with E-state index < -0.39 is 0 Å². The molecule has 1 aliphatic rings. The molecule has 1 aliphatic carbocycles. The number of hydrogen-bond acceptors (Lipinski definition) is 2. The molecule has 84 valence electrons. The third-order valence-corrected chi connectivity index (χ3v) is 3.35. The average molecular weight is 198 g/mol. The summed E-state index contributed by atoms with van der Waals surface area (Å²) in [5.41, 5.74) is 6.39. The molecule has 2 nitrogen and oxygen atoms in total. The van der Waals surface area contributed by atoms with Crippen molar-refractivity contribution in [2.75, 3.05) is 19.6 Å². The van der Waals surface area contributed by atoms with Crippen LogP contribution in [0.2, 0.25) is 0 Å². The predicted octanol–water partition coefficient (Wildman–Crippen LogP) is 2.24. The van der Waals surface area contributed by atoms with Gasteiger partial charge >= 0.3 is 0 Å². The van der Waals surface area contributed by atoms with Crippen molar-refractivity contribution in [3.8, 4) is 0 Å². The van der Waals surface area contributed by atoms with Crippen molar-refractivity contribution in [2.24, 2.45) is 11.7 Å². The molecular formula is C12H26N2. The highest BCUT2D eigenvalue weighted by Crippen LogP contribution is 2.38. The van der Waals surface area contributed by atoms with Crippen molar-refractivity contribution < 1.29 is 0 Å². The van der Waals surface area contributed by atoms with Crippen LogP contribution in [0.4, 0.5) is 0 Å². The van der Waals surface area contributed by atoms with Gasteiger partial charge in [-0.25, -0.2) is 0 Å². The molecule has 1 saturated carbocycles. The Morgan fingerprint density at radius 1 is 1.36 bits per heavy atom. The summed E-state index contributed by atoms with van der Waals surface area (Å²) >= 11 is 0. The maximum atomic E-state index is 6.33. The maximum Gasteiger partial charge on any atom is 0.0283 e. The lowest BCUT2D eigenvalue weighted by Gasteiger charge is -2.32. The highest BCUT2D eigenvalue weighted by atomic mass is 15.1. The van der Waals surface area contributed by atoms with Crippen LogP contribution in [0.15, 0.2) is 0 Å². The maximum absolute atomic E-state index is 6.33. The van der Waals surface area contributed by atoms with Crippen molar-refractivity contribution in [1.82, 2.24) is 4.90 Å². The molecule has 0 spiro atoms. The molecule has 0 heterocycles. The van der Waals surface area contributed by atoms with Gasteiger partial charge in [-0.05, 0) is 45.2 Å². The molecule has 0 aliphatic heterocycles. The smallest absolute Gasteiger partial charge is 0.0283 e. The number of unbranched alkanes of at least 4 members (excludes halogenated alkanes) is 1. The molecule has 14 heavy (non-hydrogen) atoms. The summed E-state index contributed by atoms with van der Waals surface area (Å²) in [5.74, 6) is 0.790. The van der Waals surface area contributed by atoms with Gasteiger partial charge in [0.1, 0.15) is 0 Å². The Morgan fingerprint density at radius 2 is 2.00 bits per heavy atom. The number of likely N-dealkylation sites (N-methyl/N-ethyl adjacent to an activating group) is 1. The fourth-order valence-corrected chi connectivity index (χ4v) is 2.08. The van der Waals surface area contributed by atoms with Gasteiger partial charge in [0.05, 0.1) is 0 Å². The van der Waals surface area contributed by atoms with E-state index in [-0.39, 0.29) is 5.54 Å². The van der Waals surface area contributed by atoms with Gasteiger partial charge in [0, 0.05) is 12.1 Å². The molecular weight excluding hydrogens is 172 g/mol. The van der Waals surface area contributed by atoms with E-state index in [9.17, 15) is 0 Å². The van der Waals surface area contributed by atoms with Gasteiger partial charge < -0.3 is 10.6 Å².